The Balaban J connectivity index is 4.14. The van der Waals surface area contributed by atoms with Crippen LogP contribution in [0, 0.1) is 0 Å². The third-order valence-electron chi connectivity index (χ3n) is 9.11. The summed E-state index contributed by atoms with van der Waals surface area (Å²) in [5, 5.41) is 11.0. The van der Waals surface area contributed by atoms with Crippen LogP contribution in [0.4, 0.5) is 0 Å². The third kappa shape index (κ3) is 36.7. The summed E-state index contributed by atoms with van der Waals surface area (Å²) in [6, 6.07) is 0. The summed E-state index contributed by atoms with van der Waals surface area (Å²) in [4.78, 5) is 34.8. The van der Waals surface area contributed by atoms with E-state index in [2.05, 4.69) is 43.5 Å². The van der Waals surface area contributed by atoms with Gasteiger partial charge in [-0.2, -0.15) is 0 Å². The SMILES string of the molecule is CCCCCC/C=C\C/C=C\C(CCCCCCCCC(=O)NCC(=O)O)OC(=O)CCCCCCCCCCCCCCCCCC. The van der Waals surface area contributed by atoms with Gasteiger partial charge in [0.05, 0.1) is 0 Å². The Morgan fingerprint density at radius 3 is 1.54 bits per heavy atom. The maximum atomic E-state index is 12.7. The molecule has 0 radical (unpaired) electrons. The second-order valence-corrected chi connectivity index (χ2v) is 13.9. The van der Waals surface area contributed by atoms with Crippen LogP contribution >= 0.6 is 0 Å². The van der Waals surface area contributed by atoms with Crippen molar-refractivity contribution < 1.29 is 24.2 Å². The molecule has 0 bridgehead atoms. The first-order chi connectivity index (χ1) is 23.5. The lowest BCUT2D eigenvalue weighted by molar-refractivity contribution is -0.147. The average Bonchev–Trinajstić information content (AvgIpc) is 3.07. The molecule has 0 heterocycles. The zero-order valence-corrected chi connectivity index (χ0v) is 31.6. The van der Waals surface area contributed by atoms with E-state index in [0.29, 0.717) is 12.8 Å². The Bertz CT molecular complexity index is 793. The largest absolute Gasteiger partial charge is 0.480 e. The molecular formula is C42H77NO5. The van der Waals surface area contributed by atoms with Crippen molar-refractivity contribution in [3.05, 3.63) is 24.3 Å². The van der Waals surface area contributed by atoms with Gasteiger partial charge in [0.2, 0.25) is 5.91 Å². The molecule has 0 aromatic rings. The number of esters is 1. The van der Waals surface area contributed by atoms with Crippen molar-refractivity contribution in [2.24, 2.45) is 0 Å². The van der Waals surface area contributed by atoms with Gasteiger partial charge in [0.25, 0.3) is 0 Å². The van der Waals surface area contributed by atoms with Gasteiger partial charge in [-0.05, 0) is 51.0 Å². The van der Waals surface area contributed by atoms with Gasteiger partial charge in [-0.1, -0.05) is 173 Å². The molecule has 2 N–H and O–H groups in total. The molecule has 0 aliphatic carbocycles. The number of carbonyl (C=O) groups is 3. The molecule has 48 heavy (non-hydrogen) atoms. The Hall–Kier alpha value is -2.11. The van der Waals surface area contributed by atoms with E-state index in [0.717, 1.165) is 70.6 Å². The monoisotopic (exact) mass is 676 g/mol. The molecule has 0 fully saturated rings. The summed E-state index contributed by atoms with van der Waals surface area (Å²) in [6.45, 7) is 4.21. The standard InChI is InChI=1S/C42H77NO5/c1-3-5-7-9-11-13-14-15-16-17-18-19-21-23-29-33-37-42(47)48-39(34-30-26-22-20-12-10-8-6-4-2)35-31-27-24-25-28-32-36-40(44)43-38-41(45)46/h20,22,30,34,39H,3-19,21,23-29,31-33,35-38H2,1-2H3,(H,43,44)(H,45,46)/b22-20-,34-30-. The lowest BCUT2D eigenvalue weighted by atomic mass is 10.0. The van der Waals surface area contributed by atoms with Crippen LogP contribution in [-0.4, -0.2) is 35.6 Å². The number of aliphatic carboxylic acids is 1. The molecule has 0 aromatic heterocycles. The van der Waals surface area contributed by atoms with E-state index in [1.54, 1.807) is 0 Å². The van der Waals surface area contributed by atoms with Crippen LogP contribution in [0.1, 0.15) is 213 Å². The molecule has 0 rings (SSSR count). The Morgan fingerprint density at radius 2 is 1.02 bits per heavy atom. The summed E-state index contributed by atoms with van der Waals surface area (Å²) in [6.07, 6.45) is 44.6. The van der Waals surface area contributed by atoms with E-state index < -0.39 is 5.97 Å². The molecule has 0 saturated heterocycles. The summed E-state index contributed by atoms with van der Waals surface area (Å²) in [5.41, 5.74) is 0. The van der Waals surface area contributed by atoms with Crippen molar-refractivity contribution in [1.82, 2.24) is 5.32 Å². The quantitative estimate of drug-likeness (QED) is 0.0388. The molecule has 1 unspecified atom stereocenters. The van der Waals surface area contributed by atoms with Crippen molar-refractivity contribution in [2.45, 2.75) is 219 Å². The van der Waals surface area contributed by atoms with Crippen LogP contribution in [0.25, 0.3) is 0 Å². The van der Waals surface area contributed by atoms with Gasteiger partial charge in [0.1, 0.15) is 12.6 Å². The first-order valence-electron chi connectivity index (χ1n) is 20.5. The number of carbonyl (C=O) groups excluding carboxylic acids is 2. The number of amides is 1. The molecule has 0 aliphatic heterocycles. The van der Waals surface area contributed by atoms with E-state index in [1.807, 2.05) is 0 Å². The number of carboxylic acids is 1. The van der Waals surface area contributed by atoms with Crippen molar-refractivity contribution in [3.8, 4) is 0 Å². The zero-order valence-electron chi connectivity index (χ0n) is 31.6. The number of nitrogens with one attached hydrogen (secondary N) is 1. The Kier molecular flexibility index (Phi) is 36.0. The number of unbranched alkanes of at least 4 members (excludes halogenated alkanes) is 24. The smallest absolute Gasteiger partial charge is 0.322 e. The van der Waals surface area contributed by atoms with Crippen molar-refractivity contribution in [1.29, 1.82) is 0 Å². The summed E-state index contributed by atoms with van der Waals surface area (Å²) < 4.78 is 5.92. The maximum Gasteiger partial charge on any atom is 0.322 e. The molecule has 0 aromatic carbocycles. The summed E-state index contributed by atoms with van der Waals surface area (Å²) >= 11 is 0. The average molecular weight is 676 g/mol. The molecule has 6 nitrogen and oxygen atoms in total. The first kappa shape index (κ1) is 45.9. The van der Waals surface area contributed by atoms with Gasteiger partial charge < -0.3 is 15.2 Å². The highest BCUT2D eigenvalue weighted by Gasteiger charge is 2.11. The lowest BCUT2D eigenvalue weighted by Gasteiger charge is -2.14. The third-order valence-corrected chi connectivity index (χ3v) is 9.11. The van der Waals surface area contributed by atoms with Crippen molar-refractivity contribution in [2.75, 3.05) is 6.54 Å². The molecule has 0 aliphatic rings. The van der Waals surface area contributed by atoms with Crippen LogP contribution in [0.5, 0.6) is 0 Å². The second-order valence-electron chi connectivity index (χ2n) is 13.9. The molecule has 1 amide bonds. The van der Waals surface area contributed by atoms with Crippen LogP contribution in [0.15, 0.2) is 24.3 Å². The molecule has 0 saturated carbocycles. The number of rotatable bonds is 37. The van der Waals surface area contributed by atoms with Gasteiger partial charge in [-0.15, -0.1) is 0 Å². The van der Waals surface area contributed by atoms with Crippen LogP contribution in [0.3, 0.4) is 0 Å². The number of carboxylic acid groups (broad SMARTS) is 1. The van der Waals surface area contributed by atoms with E-state index in [4.69, 9.17) is 9.84 Å². The van der Waals surface area contributed by atoms with Crippen LogP contribution < -0.4 is 5.32 Å². The highest BCUT2D eigenvalue weighted by molar-refractivity contribution is 5.80. The van der Waals surface area contributed by atoms with E-state index in [1.165, 1.54) is 116 Å². The second kappa shape index (κ2) is 37.7. The molecule has 6 heteroatoms. The Labute approximate surface area is 296 Å². The molecule has 280 valence electrons. The topological polar surface area (TPSA) is 92.7 Å². The predicted molar refractivity (Wildman–Crippen MR) is 203 cm³/mol. The highest BCUT2D eigenvalue weighted by Crippen LogP contribution is 2.16. The molecule has 1 atom stereocenters. The van der Waals surface area contributed by atoms with Gasteiger partial charge in [-0.25, -0.2) is 0 Å². The van der Waals surface area contributed by atoms with Crippen molar-refractivity contribution >= 4 is 17.8 Å². The lowest BCUT2D eigenvalue weighted by Crippen LogP contribution is -2.28. The van der Waals surface area contributed by atoms with Gasteiger partial charge in [0, 0.05) is 12.8 Å². The predicted octanol–water partition coefficient (Wildman–Crippen LogP) is 12.3. The van der Waals surface area contributed by atoms with Crippen molar-refractivity contribution in [3.63, 3.8) is 0 Å². The fraction of sp³-hybridized carbons (Fsp3) is 0.833. The molecule has 0 spiro atoms. The molecular weight excluding hydrogens is 598 g/mol. The summed E-state index contributed by atoms with van der Waals surface area (Å²) in [7, 11) is 0. The first-order valence-corrected chi connectivity index (χ1v) is 20.5. The van der Waals surface area contributed by atoms with Gasteiger partial charge >= 0.3 is 11.9 Å². The normalized spacial score (nSPS) is 12.2. The fourth-order valence-corrected chi connectivity index (χ4v) is 6.05. The minimum absolute atomic E-state index is 0.0670. The highest BCUT2D eigenvalue weighted by atomic mass is 16.5. The van der Waals surface area contributed by atoms with E-state index in [-0.39, 0.29) is 24.5 Å². The number of hydrogen-bond acceptors (Lipinski definition) is 4. The number of allylic oxidation sites excluding steroid dienone is 3. The van der Waals surface area contributed by atoms with Gasteiger partial charge in [-0.3, -0.25) is 14.4 Å². The minimum atomic E-state index is -1.02. The number of ether oxygens (including phenoxy) is 1. The summed E-state index contributed by atoms with van der Waals surface area (Å²) in [5.74, 6) is -1.28. The Morgan fingerprint density at radius 1 is 0.562 bits per heavy atom. The van der Waals surface area contributed by atoms with Gasteiger partial charge in [0.15, 0.2) is 0 Å². The maximum absolute atomic E-state index is 12.7. The van der Waals surface area contributed by atoms with E-state index >= 15 is 0 Å². The number of hydrogen-bond donors (Lipinski definition) is 2. The minimum Gasteiger partial charge on any atom is -0.480 e. The fourth-order valence-electron chi connectivity index (χ4n) is 6.05. The van der Waals surface area contributed by atoms with Crippen LogP contribution in [-0.2, 0) is 19.1 Å². The zero-order chi connectivity index (χ0) is 35.2. The van der Waals surface area contributed by atoms with Crippen LogP contribution in [0.2, 0.25) is 0 Å². The van der Waals surface area contributed by atoms with E-state index in [9.17, 15) is 14.4 Å².